The summed E-state index contributed by atoms with van der Waals surface area (Å²) in [6.07, 6.45) is 2.63. The fourth-order valence-corrected chi connectivity index (χ4v) is 3.71. The van der Waals surface area contributed by atoms with Crippen molar-refractivity contribution >= 4 is 22.5 Å². The van der Waals surface area contributed by atoms with Crippen molar-refractivity contribution < 1.29 is 14.3 Å². The summed E-state index contributed by atoms with van der Waals surface area (Å²) in [5.74, 6) is 0.824. The monoisotopic (exact) mass is 423 g/mol. The molecule has 31 heavy (non-hydrogen) atoms. The Morgan fingerprint density at radius 2 is 1.77 bits per heavy atom. The van der Waals surface area contributed by atoms with E-state index in [1.165, 1.54) is 9.13 Å². The summed E-state index contributed by atoms with van der Waals surface area (Å²) in [7, 11) is 0. The summed E-state index contributed by atoms with van der Waals surface area (Å²) in [5, 5.41) is 3.22. The number of benzene rings is 2. The molecule has 1 aliphatic rings. The van der Waals surface area contributed by atoms with Gasteiger partial charge in [0.05, 0.1) is 10.9 Å². The van der Waals surface area contributed by atoms with E-state index in [1.54, 1.807) is 42.5 Å². The fraction of sp³-hybridized carbons (Fsp3) is 0.348. The van der Waals surface area contributed by atoms with Crippen molar-refractivity contribution in [2.45, 2.75) is 39.3 Å². The first-order valence-corrected chi connectivity index (χ1v) is 10.5. The number of para-hydroxylation sites is 1. The first-order valence-electron chi connectivity index (χ1n) is 10.5. The van der Waals surface area contributed by atoms with Crippen molar-refractivity contribution in [3.05, 3.63) is 63.3 Å². The largest absolute Gasteiger partial charge is 0.486 e. The van der Waals surface area contributed by atoms with Gasteiger partial charge in [-0.3, -0.25) is 18.7 Å². The molecule has 0 aliphatic carbocycles. The summed E-state index contributed by atoms with van der Waals surface area (Å²) < 4.78 is 13.6. The van der Waals surface area contributed by atoms with Crippen LogP contribution in [0.5, 0.6) is 11.5 Å². The maximum atomic E-state index is 13.1. The van der Waals surface area contributed by atoms with Crippen LogP contribution in [0.2, 0.25) is 0 Å². The number of rotatable bonds is 7. The second kappa shape index (κ2) is 9.07. The van der Waals surface area contributed by atoms with Crippen LogP contribution in [0.15, 0.2) is 52.1 Å². The number of anilines is 1. The minimum atomic E-state index is -0.475. The highest BCUT2D eigenvalue weighted by Crippen LogP contribution is 2.32. The van der Waals surface area contributed by atoms with E-state index in [1.807, 2.05) is 0 Å². The Balaban J connectivity index is 1.63. The van der Waals surface area contributed by atoms with Crippen LogP contribution in [0.4, 0.5) is 5.69 Å². The normalized spacial score (nSPS) is 12.7. The van der Waals surface area contributed by atoms with Crippen LogP contribution in [-0.4, -0.2) is 28.3 Å². The van der Waals surface area contributed by atoms with Crippen molar-refractivity contribution in [1.82, 2.24) is 9.13 Å². The number of ether oxygens (including phenoxy) is 2. The Hall–Kier alpha value is -3.55. The number of hydrogen-bond donors (Lipinski definition) is 1. The number of amides is 1. The topological polar surface area (TPSA) is 91.6 Å². The van der Waals surface area contributed by atoms with E-state index in [0.29, 0.717) is 47.8 Å². The molecule has 0 spiro atoms. The van der Waals surface area contributed by atoms with Gasteiger partial charge in [0.1, 0.15) is 19.8 Å². The van der Waals surface area contributed by atoms with Crippen LogP contribution in [-0.2, 0) is 17.9 Å². The second-order valence-electron chi connectivity index (χ2n) is 7.46. The summed E-state index contributed by atoms with van der Waals surface area (Å²) >= 11 is 0. The van der Waals surface area contributed by atoms with Crippen LogP contribution in [0, 0.1) is 0 Å². The molecule has 0 unspecified atom stereocenters. The van der Waals surface area contributed by atoms with Crippen molar-refractivity contribution in [3.8, 4) is 11.5 Å². The van der Waals surface area contributed by atoms with E-state index < -0.39 is 5.69 Å². The number of carbonyl (C=O) groups excluding carboxylic acids is 1. The third kappa shape index (κ3) is 4.33. The van der Waals surface area contributed by atoms with Gasteiger partial charge < -0.3 is 14.8 Å². The molecule has 0 saturated carbocycles. The van der Waals surface area contributed by atoms with Gasteiger partial charge >= 0.3 is 5.69 Å². The van der Waals surface area contributed by atoms with Crippen LogP contribution in [0.1, 0.15) is 26.2 Å². The molecule has 0 bridgehead atoms. The van der Waals surface area contributed by atoms with E-state index in [9.17, 15) is 14.4 Å². The van der Waals surface area contributed by atoms with Gasteiger partial charge in [0, 0.05) is 18.3 Å². The minimum Gasteiger partial charge on any atom is -0.486 e. The van der Waals surface area contributed by atoms with E-state index in [-0.39, 0.29) is 18.0 Å². The highest BCUT2D eigenvalue weighted by Gasteiger charge is 2.16. The summed E-state index contributed by atoms with van der Waals surface area (Å²) in [4.78, 5) is 38.7. The lowest BCUT2D eigenvalue weighted by Gasteiger charge is -2.19. The first kappa shape index (κ1) is 20.7. The molecule has 3 aromatic rings. The molecule has 1 amide bonds. The smallest absolute Gasteiger partial charge is 0.331 e. The second-order valence-corrected chi connectivity index (χ2v) is 7.46. The molecule has 2 aromatic carbocycles. The quantitative estimate of drug-likeness (QED) is 0.590. The van der Waals surface area contributed by atoms with Gasteiger partial charge in [0.25, 0.3) is 5.56 Å². The lowest BCUT2D eigenvalue weighted by molar-refractivity contribution is -0.116. The van der Waals surface area contributed by atoms with Gasteiger partial charge in [0.2, 0.25) is 5.91 Å². The molecule has 0 radical (unpaired) electrons. The Labute approximate surface area is 179 Å². The molecular formula is C23H25N3O5. The SMILES string of the molecule is CCCCCn1c(=O)c2ccccc2n(CC(=O)Nc2ccc3c(c2)OCCO3)c1=O. The average molecular weight is 423 g/mol. The zero-order chi connectivity index (χ0) is 21.8. The molecule has 4 rings (SSSR count). The Morgan fingerprint density at radius 3 is 2.58 bits per heavy atom. The lowest BCUT2D eigenvalue weighted by Crippen LogP contribution is -2.41. The molecule has 2 heterocycles. The Bertz CT molecular complexity index is 1230. The van der Waals surface area contributed by atoms with Crippen molar-refractivity contribution in [2.75, 3.05) is 18.5 Å². The summed E-state index contributed by atoms with van der Waals surface area (Å²) in [5.41, 5.74) is 0.196. The van der Waals surface area contributed by atoms with Crippen LogP contribution in [0.25, 0.3) is 10.9 Å². The molecule has 162 valence electrons. The molecule has 1 N–H and O–H groups in total. The standard InChI is InChI=1S/C23H25N3O5/c1-2-3-6-11-25-22(28)17-7-4-5-8-18(17)26(23(25)29)15-21(27)24-16-9-10-19-20(14-16)31-13-12-30-19/h4-5,7-10,14H,2-3,6,11-13,15H2,1H3,(H,24,27). The third-order valence-corrected chi connectivity index (χ3v) is 5.25. The first-order chi connectivity index (χ1) is 15.1. The number of nitrogens with zero attached hydrogens (tertiary/aromatic N) is 2. The summed E-state index contributed by atoms with van der Waals surface area (Å²) in [6.45, 7) is 3.12. The van der Waals surface area contributed by atoms with E-state index in [2.05, 4.69) is 12.2 Å². The minimum absolute atomic E-state index is 0.207. The predicted molar refractivity (Wildman–Crippen MR) is 118 cm³/mol. The predicted octanol–water partition coefficient (Wildman–Crippen LogP) is 2.76. The van der Waals surface area contributed by atoms with Gasteiger partial charge in [-0.05, 0) is 30.7 Å². The van der Waals surface area contributed by atoms with Gasteiger partial charge in [-0.15, -0.1) is 0 Å². The van der Waals surface area contributed by atoms with E-state index >= 15 is 0 Å². The molecular weight excluding hydrogens is 398 g/mol. The highest BCUT2D eigenvalue weighted by molar-refractivity contribution is 5.92. The van der Waals surface area contributed by atoms with Crippen LogP contribution < -0.4 is 26.0 Å². The maximum absolute atomic E-state index is 13.1. The maximum Gasteiger partial charge on any atom is 0.331 e. The van der Waals surface area contributed by atoms with Crippen molar-refractivity contribution in [3.63, 3.8) is 0 Å². The van der Waals surface area contributed by atoms with E-state index in [0.717, 1.165) is 19.3 Å². The molecule has 8 nitrogen and oxygen atoms in total. The van der Waals surface area contributed by atoms with E-state index in [4.69, 9.17) is 9.47 Å². The molecule has 1 aromatic heterocycles. The third-order valence-electron chi connectivity index (χ3n) is 5.25. The van der Waals surface area contributed by atoms with Gasteiger partial charge in [-0.2, -0.15) is 0 Å². The number of hydrogen-bond acceptors (Lipinski definition) is 5. The molecule has 8 heteroatoms. The van der Waals surface area contributed by atoms with Gasteiger partial charge in [-0.25, -0.2) is 4.79 Å². The molecule has 1 aliphatic heterocycles. The van der Waals surface area contributed by atoms with Gasteiger partial charge in [-0.1, -0.05) is 31.9 Å². The van der Waals surface area contributed by atoms with Crippen LogP contribution in [0.3, 0.4) is 0 Å². The summed E-state index contributed by atoms with van der Waals surface area (Å²) in [6, 6.07) is 12.0. The van der Waals surface area contributed by atoms with Crippen molar-refractivity contribution in [2.24, 2.45) is 0 Å². The lowest BCUT2D eigenvalue weighted by atomic mass is 10.2. The Kier molecular flexibility index (Phi) is 6.06. The number of carbonyl (C=O) groups is 1. The number of aromatic nitrogens is 2. The Morgan fingerprint density at radius 1 is 1.00 bits per heavy atom. The molecule has 0 fully saturated rings. The zero-order valence-electron chi connectivity index (χ0n) is 17.4. The number of fused-ring (bicyclic) bond motifs is 2. The average Bonchev–Trinajstić information content (AvgIpc) is 2.79. The fourth-order valence-electron chi connectivity index (χ4n) is 3.71. The molecule has 0 saturated heterocycles. The highest BCUT2D eigenvalue weighted by atomic mass is 16.6. The number of unbranched alkanes of at least 4 members (excludes halogenated alkanes) is 2. The number of nitrogens with one attached hydrogen (secondary N) is 1. The van der Waals surface area contributed by atoms with Crippen molar-refractivity contribution in [1.29, 1.82) is 0 Å². The zero-order valence-corrected chi connectivity index (χ0v) is 17.4. The van der Waals surface area contributed by atoms with Gasteiger partial charge in [0.15, 0.2) is 11.5 Å². The van der Waals surface area contributed by atoms with Crippen LogP contribution >= 0.6 is 0 Å². The molecule has 0 atom stereocenters.